The maximum Gasteiger partial charge on any atom is 0.159 e. The predicted molar refractivity (Wildman–Crippen MR) is 108 cm³/mol. The summed E-state index contributed by atoms with van der Waals surface area (Å²) in [5.74, 6) is 2.56. The molecule has 1 aromatic carbocycles. The second-order valence-corrected chi connectivity index (χ2v) is 7.43. The van der Waals surface area contributed by atoms with Crippen LogP contribution in [0.3, 0.4) is 0 Å². The van der Waals surface area contributed by atoms with Gasteiger partial charge < -0.3 is 4.74 Å². The number of benzene rings is 1. The van der Waals surface area contributed by atoms with Crippen LogP contribution in [0.1, 0.15) is 70.1 Å². The van der Waals surface area contributed by atoms with E-state index in [9.17, 15) is 0 Å². The second kappa shape index (κ2) is 9.70. The molecule has 1 aromatic heterocycles. The van der Waals surface area contributed by atoms with Crippen molar-refractivity contribution >= 4 is 0 Å². The molecule has 26 heavy (non-hydrogen) atoms. The van der Waals surface area contributed by atoms with Crippen molar-refractivity contribution in [2.75, 3.05) is 6.61 Å². The Morgan fingerprint density at radius 1 is 1.04 bits per heavy atom. The minimum Gasteiger partial charge on any atom is -0.494 e. The third-order valence-corrected chi connectivity index (χ3v) is 5.39. The number of rotatable bonds is 9. The lowest BCUT2D eigenvalue weighted by Crippen LogP contribution is -2.16. The van der Waals surface area contributed by atoms with E-state index in [0.29, 0.717) is 6.61 Å². The highest BCUT2D eigenvalue weighted by Gasteiger charge is 2.20. The first kappa shape index (κ1) is 18.9. The fraction of sp³-hybridized carbons (Fsp3) is 0.565. The average molecular weight is 353 g/mol. The Morgan fingerprint density at radius 3 is 2.62 bits per heavy atom. The number of hydrogen-bond donors (Lipinski definition) is 0. The summed E-state index contributed by atoms with van der Waals surface area (Å²) in [7, 11) is 0. The Kier molecular flexibility index (Phi) is 7.04. The van der Waals surface area contributed by atoms with Gasteiger partial charge in [0.2, 0.25) is 0 Å². The SMILES string of the molecule is CCCCCCCC1CCc2nc(-c3ccc(OCC)cc3)ncc2C1. The van der Waals surface area contributed by atoms with E-state index in [2.05, 4.69) is 30.2 Å². The number of nitrogens with zero attached hydrogens (tertiary/aromatic N) is 2. The molecule has 1 aliphatic carbocycles. The standard InChI is InChI=1S/C23H32N2O/c1-3-5-6-7-8-9-18-10-15-22-20(16-18)17-24-23(25-22)19-11-13-21(14-12-19)26-4-2/h11-14,17-18H,3-10,15-16H2,1-2H3. The van der Waals surface area contributed by atoms with Crippen LogP contribution in [0, 0.1) is 5.92 Å². The molecule has 2 aromatic rings. The van der Waals surface area contributed by atoms with E-state index in [-0.39, 0.29) is 0 Å². The van der Waals surface area contributed by atoms with Crippen molar-refractivity contribution in [3.63, 3.8) is 0 Å². The third kappa shape index (κ3) is 5.06. The average Bonchev–Trinajstić information content (AvgIpc) is 2.68. The molecule has 3 heteroatoms. The number of hydrogen-bond acceptors (Lipinski definition) is 3. The van der Waals surface area contributed by atoms with Crippen LogP contribution in [0.2, 0.25) is 0 Å². The van der Waals surface area contributed by atoms with Gasteiger partial charge in [-0.3, -0.25) is 0 Å². The van der Waals surface area contributed by atoms with Gasteiger partial charge >= 0.3 is 0 Å². The van der Waals surface area contributed by atoms with Gasteiger partial charge in [0.25, 0.3) is 0 Å². The summed E-state index contributed by atoms with van der Waals surface area (Å²) in [4.78, 5) is 9.50. The van der Waals surface area contributed by atoms with E-state index in [1.807, 2.05) is 19.1 Å². The summed E-state index contributed by atoms with van der Waals surface area (Å²) in [6.07, 6.45) is 13.8. The molecule has 0 amide bonds. The van der Waals surface area contributed by atoms with Gasteiger partial charge in [-0.15, -0.1) is 0 Å². The van der Waals surface area contributed by atoms with Crippen molar-refractivity contribution in [3.05, 3.63) is 41.7 Å². The number of aryl methyl sites for hydroxylation is 1. The Balaban J connectivity index is 1.58. The van der Waals surface area contributed by atoms with E-state index in [1.54, 1.807) is 0 Å². The van der Waals surface area contributed by atoms with Gasteiger partial charge in [-0.25, -0.2) is 9.97 Å². The molecule has 0 bridgehead atoms. The highest BCUT2D eigenvalue weighted by Crippen LogP contribution is 2.29. The second-order valence-electron chi connectivity index (χ2n) is 7.43. The van der Waals surface area contributed by atoms with Gasteiger partial charge in [-0.2, -0.15) is 0 Å². The topological polar surface area (TPSA) is 35.0 Å². The normalized spacial score (nSPS) is 16.3. The van der Waals surface area contributed by atoms with Gasteiger partial charge in [0.15, 0.2) is 5.82 Å². The van der Waals surface area contributed by atoms with Gasteiger partial charge in [0.05, 0.1) is 6.61 Å². The number of unbranched alkanes of at least 4 members (excludes halogenated alkanes) is 4. The molecule has 3 nitrogen and oxygen atoms in total. The van der Waals surface area contributed by atoms with Gasteiger partial charge in [-0.1, -0.05) is 45.4 Å². The van der Waals surface area contributed by atoms with Gasteiger partial charge in [-0.05, 0) is 61.9 Å². The lowest BCUT2D eigenvalue weighted by Gasteiger charge is -2.24. The molecule has 0 saturated heterocycles. The molecule has 0 fully saturated rings. The largest absolute Gasteiger partial charge is 0.494 e. The highest BCUT2D eigenvalue weighted by molar-refractivity contribution is 5.56. The molecule has 140 valence electrons. The third-order valence-electron chi connectivity index (χ3n) is 5.39. The Hall–Kier alpha value is -1.90. The summed E-state index contributed by atoms with van der Waals surface area (Å²) < 4.78 is 5.51. The molecule has 0 spiro atoms. The van der Waals surface area contributed by atoms with Crippen molar-refractivity contribution in [1.82, 2.24) is 9.97 Å². The molecule has 0 saturated carbocycles. The molecule has 1 heterocycles. The van der Waals surface area contributed by atoms with Crippen LogP contribution in [0.15, 0.2) is 30.5 Å². The first-order valence-electron chi connectivity index (χ1n) is 10.4. The van der Waals surface area contributed by atoms with Crippen molar-refractivity contribution in [2.24, 2.45) is 5.92 Å². The summed E-state index contributed by atoms with van der Waals surface area (Å²) in [5, 5.41) is 0. The molecular weight excluding hydrogens is 320 g/mol. The van der Waals surface area contributed by atoms with Crippen LogP contribution in [0.4, 0.5) is 0 Å². The smallest absolute Gasteiger partial charge is 0.159 e. The molecule has 3 rings (SSSR count). The molecule has 1 atom stereocenters. The predicted octanol–water partition coefficient (Wildman–Crippen LogP) is 6.01. The number of fused-ring (bicyclic) bond motifs is 1. The lowest BCUT2D eigenvalue weighted by molar-refractivity contribution is 0.340. The summed E-state index contributed by atoms with van der Waals surface area (Å²) in [6.45, 7) is 4.97. The van der Waals surface area contributed by atoms with Crippen LogP contribution >= 0.6 is 0 Å². The summed E-state index contributed by atoms with van der Waals surface area (Å²) in [5.41, 5.74) is 3.69. The summed E-state index contributed by atoms with van der Waals surface area (Å²) >= 11 is 0. The van der Waals surface area contributed by atoms with Crippen LogP contribution in [0.5, 0.6) is 5.75 Å². The van der Waals surface area contributed by atoms with E-state index in [1.165, 1.54) is 56.2 Å². The van der Waals surface area contributed by atoms with E-state index < -0.39 is 0 Å². The molecule has 0 aliphatic heterocycles. The number of aromatic nitrogens is 2. The van der Waals surface area contributed by atoms with Gasteiger partial charge in [0, 0.05) is 17.5 Å². The van der Waals surface area contributed by atoms with Crippen molar-refractivity contribution < 1.29 is 4.74 Å². The van der Waals surface area contributed by atoms with Crippen molar-refractivity contribution in [3.8, 4) is 17.1 Å². The fourth-order valence-corrected chi connectivity index (χ4v) is 3.87. The quantitative estimate of drug-likeness (QED) is 0.519. The minimum atomic E-state index is 0.689. The van der Waals surface area contributed by atoms with Crippen LogP contribution in [-0.4, -0.2) is 16.6 Å². The van der Waals surface area contributed by atoms with Crippen LogP contribution in [-0.2, 0) is 12.8 Å². The Bertz CT molecular complexity index is 681. The Labute approximate surface area is 158 Å². The zero-order valence-corrected chi connectivity index (χ0v) is 16.3. The fourth-order valence-electron chi connectivity index (χ4n) is 3.87. The number of ether oxygens (including phenoxy) is 1. The van der Waals surface area contributed by atoms with Crippen LogP contribution < -0.4 is 4.74 Å². The molecule has 1 aliphatic rings. The molecular formula is C23H32N2O. The van der Waals surface area contributed by atoms with E-state index >= 15 is 0 Å². The Morgan fingerprint density at radius 2 is 1.85 bits per heavy atom. The van der Waals surface area contributed by atoms with Crippen molar-refractivity contribution in [1.29, 1.82) is 0 Å². The van der Waals surface area contributed by atoms with Crippen molar-refractivity contribution in [2.45, 2.75) is 71.6 Å². The molecule has 0 N–H and O–H groups in total. The maximum atomic E-state index is 5.51. The molecule has 0 radical (unpaired) electrons. The zero-order valence-electron chi connectivity index (χ0n) is 16.3. The monoisotopic (exact) mass is 352 g/mol. The zero-order chi connectivity index (χ0) is 18.2. The minimum absolute atomic E-state index is 0.689. The van der Waals surface area contributed by atoms with E-state index in [0.717, 1.165) is 35.9 Å². The summed E-state index contributed by atoms with van der Waals surface area (Å²) in [6, 6.07) is 8.09. The molecule has 1 unspecified atom stereocenters. The van der Waals surface area contributed by atoms with Gasteiger partial charge in [0.1, 0.15) is 5.75 Å². The first-order valence-corrected chi connectivity index (χ1v) is 10.4. The van der Waals surface area contributed by atoms with E-state index in [4.69, 9.17) is 9.72 Å². The highest BCUT2D eigenvalue weighted by atomic mass is 16.5. The maximum absolute atomic E-state index is 5.51. The lowest BCUT2D eigenvalue weighted by atomic mass is 9.84. The first-order chi connectivity index (χ1) is 12.8. The van der Waals surface area contributed by atoms with Crippen LogP contribution in [0.25, 0.3) is 11.4 Å².